The van der Waals surface area contributed by atoms with Crippen molar-refractivity contribution in [1.82, 2.24) is 0 Å². The molecule has 3 heteroatoms. The highest BCUT2D eigenvalue weighted by molar-refractivity contribution is 6.70. The van der Waals surface area contributed by atoms with Gasteiger partial charge in [-0.3, -0.25) is 0 Å². The van der Waals surface area contributed by atoms with Crippen molar-refractivity contribution >= 4 is 8.32 Å². The van der Waals surface area contributed by atoms with E-state index in [-0.39, 0.29) is 12.5 Å². The highest BCUT2D eigenvalue weighted by Crippen LogP contribution is 2.35. The minimum Gasteiger partial charge on any atom is -0.544 e. The van der Waals surface area contributed by atoms with E-state index in [0.717, 1.165) is 11.5 Å². The Morgan fingerprint density at radius 2 is 1.78 bits per heavy atom. The third-order valence-electron chi connectivity index (χ3n) is 3.49. The third kappa shape index (κ3) is 4.90. The van der Waals surface area contributed by atoms with Gasteiger partial charge in [-0.25, -0.2) is 0 Å². The lowest BCUT2D eigenvalue weighted by atomic mass is 9.92. The summed E-state index contributed by atoms with van der Waals surface area (Å²) < 4.78 is 11.9. The van der Waals surface area contributed by atoms with Gasteiger partial charge in [0.05, 0.1) is 0 Å². The highest BCUT2D eigenvalue weighted by atomic mass is 28.4. The summed E-state index contributed by atoms with van der Waals surface area (Å²) in [6.07, 6.45) is 5.27. The van der Waals surface area contributed by atoms with Gasteiger partial charge in [-0.15, -0.1) is 6.42 Å². The molecule has 0 aliphatic rings. The zero-order chi connectivity index (χ0) is 16.9. The van der Waals surface area contributed by atoms with E-state index in [4.69, 9.17) is 15.6 Å². The average Bonchev–Trinajstić information content (AvgIpc) is 2.52. The van der Waals surface area contributed by atoms with E-state index in [9.17, 15) is 0 Å². The van der Waals surface area contributed by atoms with Crippen LogP contribution in [0.1, 0.15) is 24.0 Å². The van der Waals surface area contributed by atoms with Crippen LogP contribution < -0.4 is 9.16 Å². The smallest absolute Gasteiger partial charge is 0.242 e. The molecule has 2 rings (SSSR count). The molecule has 2 aromatic carbocycles. The van der Waals surface area contributed by atoms with Crippen molar-refractivity contribution in [1.29, 1.82) is 0 Å². The first kappa shape index (κ1) is 17.2. The Labute approximate surface area is 140 Å². The zero-order valence-corrected chi connectivity index (χ0v) is 15.3. The number of rotatable bonds is 6. The second-order valence-electron chi connectivity index (χ2n) is 6.54. The maximum atomic E-state index is 6.30. The standard InChI is InChI=1S/C20H24O2Si/c1-6-14-21-18-12-13-19(20(15-18)22-23(3,4)5)16(2)17-10-8-7-9-11-17/h1,7-13,15-16H,14H2,2-5H3/t16-/m1/s1. The Hall–Kier alpha value is -2.18. The van der Waals surface area contributed by atoms with Crippen molar-refractivity contribution in [2.24, 2.45) is 0 Å². The van der Waals surface area contributed by atoms with Crippen molar-refractivity contribution in [3.63, 3.8) is 0 Å². The molecule has 0 spiro atoms. The van der Waals surface area contributed by atoms with E-state index >= 15 is 0 Å². The van der Waals surface area contributed by atoms with Crippen LogP contribution in [0.4, 0.5) is 0 Å². The lowest BCUT2D eigenvalue weighted by Crippen LogP contribution is -2.30. The third-order valence-corrected chi connectivity index (χ3v) is 4.32. The molecule has 0 aliphatic carbocycles. The van der Waals surface area contributed by atoms with E-state index in [2.05, 4.69) is 62.8 Å². The van der Waals surface area contributed by atoms with E-state index in [1.165, 1.54) is 11.1 Å². The van der Waals surface area contributed by atoms with Gasteiger partial charge in [0.25, 0.3) is 0 Å². The second-order valence-corrected chi connectivity index (χ2v) is 11.0. The molecule has 0 saturated heterocycles. The van der Waals surface area contributed by atoms with Crippen LogP contribution in [0, 0.1) is 12.3 Å². The Balaban J connectivity index is 2.39. The second kappa shape index (κ2) is 7.39. The molecule has 1 atom stereocenters. The molecule has 0 N–H and O–H groups in total. The lowest BCUT2D eigenvalue weighted by molar-refractivity contribution is 0.368. The summed E-state index contributed by atoms with van der Waals surface area (Å²) in [6, 6.07) is 16.5. The number of hydrogen-bond donors (Lipinski definition) is 0. The molecule has 0 heterocycles. The summed E-state index contributed by atoms with van der Waals surface area (Å²) in [7, 11) is -1.73. The first-order valence-electron chi connectivity index (χ1n) is 7.85. The molecule has 120 valence electrons. The fourth-order valence-electron chi connectivity index (χ4n) is 2.43. The van der Waals surface area contributed by atoms with Crippen molar-refractivity contribution in [3.8, 4) is 23.8 Å². The quantitative estimate of drug-likeness (QED) is 0.546. The molecule has 0 bridgehead atoms. The summed E-state index contributed by atoms with van der Waals surface area (Å²) in [5.74, 6) is 4.40. The summed E-state index contributed by atoms with van der Waals surface area (Å²) in [5.41, 5.74) is 2.44. The van der Waals surface area contributed by atoms with Crippen LogP contribution in [-0.2, 0) is 0 Å². The number of terminal acetylenes is 1. The van der Waals surface area contributed by atoms with E-state index in [1.54, 1.807) is 0 Å². The molecular formula is C20H24O2Si. The SMILES string of the molecule is C#CCOc1ccc([C@H](C)c2ccccc2)c(O[Si](C)(C)C)c1. The lowest BCUT2D eigenvalue weighted by Gasteiger charge is -2.25. The van der Waals surface area contributed by atoms with Gasteiger partial charge in [0.1, 0.15) is 18.1 Å². The molecular weight excluding hydrogens is 300 g/mol. The van der Waals surface area contributed by atoms with Crippen molar-refractivity contribution < 1.29 is 9.16 Å². The molecule has 0 aliphatic heterocycles. The van der Waals surface area contributed by atoms with Crippen LogP contribution in [0.15, 0.2) is 48.5 Å². The largest absolute Gasteiger partial charge is 0.544 e. The molecule has 23 heavy (non-hydrogen) atoms. The average molecular weight is 324 g/mol. The van der Waals surface area contributed by atoms with Crippen LogP contribution in [0.2, 0.25) is 19.6 Å². The molecule has 2 nitrogen and oxygen atoms in total. The molecule has 0 amide bonds. The van der Waals surface area contributed by atoms with Crippen LogP contribution in [0.5, 0.6) is 11.5 Å². The number of benzene rings is 2. The van der Waals surface area contributed by atoms with Gasteiger partial charge in [-0.1, -0.05) is 49.2 Å². The van der Waals surface area contributed by atoms with Crippen LogP contribution >= 0.6 is 0 Å². The number of hydrogen-bond acceptors (Lipinski definition) is 2. The van der Waals surface area contributed by atoms with E-state index in [1.807, 2.05) is 18.2 Å². The minimum absolute atomic E-state index is 0.254. The summed E-state index contributed by atoms with van der Waals surface area (Å²) in [5, 5.41) is 0. The molecule has 0 radical (unpaired) electrons. The first-order valence-corrected chi connectivity index (χ1v) is 11.3. The molecule has 0 aromatic heterocycles. The van der Waals surface area contributed by atoms with Gasteiger partial charge in [-0.2, -0.15) is 0 Å². The Morgan fingerprint density at radius 1 is 1.09 bits per heavy atom. The Morgan fingerprint density at radius 3 is 2.39 bits per heavy atom. The highest BCUT2D eigenvalue weighted by Gasteiger charge is 2.21. The molecule has 2 aromatic rings. The molecule has 0 fully saturated rings. The first-order chi connectivity index (χ1) is 10.9. The summed E-state index contributed by atoms with van der Waals surface area (Å²) in [6.45, 7) is 9.00. The van der Waals surface area contributed by atoms with Crippen molar-refractivity contribution in [3.05, 3.63) is 59.7 Å². The van der Waals surface area contributed by atoms with Crippen LogP contribution in [0.3, 0.4) is 0 Å². The predicted octanol–water partition coefficient (Wildman–Crippen LogP) is 5.06. The Bertz CT molecular complexity index is 681. The van der Waals surface area contributed by atoms with Gasteiger partial charge in [0, 0.05) is 17.5 Å². The fraction of sp³-hybridized carbons (Fsp3) is 0.300. The molecule has 0 unspecified atom stereocenters. The topological polar surface area (TPSA) is 18.5 Å². The van der Waals surface area contributed by atoms with Crippen LogP contribution in [-0.4, -0.2) is 14.9 Å². The molecule has 0 saturated carbocycles. The van der Waals surface area contributed by atoms with Gasteiger partial charge >= 0.3 is 0 Å². The van der Waals surface area contributed by atoms with Crippen LogP contribution in [0.25, 0.3) is 0 Å². The zero-order valence-electron chi connectivity index (χ0n) is 14.3. The van der Waals surface area contributed by atoms with E-state index < -0.39 is 8.32 Å². The van der Waals surface area contributed by atoms with Crippen molar-refractivity contribution in [2.75, 3.05) is 6.61 Å². The minimum atomic E-state index is -1.73. The number of ether oxygens (including phenoxy) is 1. The maximum Gasteiger partial charge on any atom is 0.242 e. The summed E-state index contributed by atoms with van der Waals surface area (Å²) in [4.78, 5) is 0. The summed E-state index contributed by atoms with van der Waals surface area (Å²) >= 11 is 0. The van der Waals surface area contributed by atoms with E-state index in [0.29, 0.717) is 0 Å². The monoisotopic (exact) mass is 324 g/mol. The Kier molecular flexibility index (Phi) is 5.52. The van der Waals surface area contributed by atoms with Crippen molar-refractivity contribution in [2.45, 2.75) is 32.5 Å². The predicted molar refractivity (Wildman–Crippen MR) is 98.7 cm³/mol. The van der Waals surface area contributed by atoms with Gasteiger partial charge in [0.2, 0.25) is 8.32 Å². The van der Waals surface area contributed by atoms with Gasteiger partial charge in [0.15, 0.2) is 0 Å². The maximum absolute atomic E-state index is 6.30. The normalized spacial score (nSPS) is 12.3. The van der Waals surface area contributed by atoms with Gasteiger partial charge in [-0.05, 0) is 31.3 Å². The van der Waals surface area contributed by atoms with Gasteiger partial charge < -0.3 is 9.16 Å². The fourth-order valence-corrected chi connectivity index (χ4v) is 3.26.